The number of aromatic nitrogens is 2. The molecule has 26 heavy (non-hydrogen) atoms. The number of fused-ring (bicyclic) bond motifs is 7. The molecule has 0 aliphatic carbocycles. The monoisotopic (exact) mass is 345 g/mol. The summed E-state index contributed by atoms with van der Waals surface area (Å²) < 4.78 is 11.3. The molecule has 0 spiro atoms. The molecular weight excluding hydrogens is 320 g/mol. The van der Waals surface area contributed by atoms with Crippen LogP contribution in [0.2, 0.25) is 0 Å². The van der Waals surface area contributed by atoms with Gasteiger partial charge in [-0.1, -0.05) is 18.2 Å². The minimum Gasteiger partial charge on any atom is -0.448 e. The van der Waals surface area contributed by atoms with E-state index in [-0.39, 0.29) is 5.54 Å². The van der Waals surface area contributed by atoms with Crippen molar-refractivity contribution in [3.8, 4) is 11.6 Å². The molecule has 0 atom stereocenters. The van der Waals surface area contributed by atoms with Crippen molar-refractivity contribution >= 4 is 16.5 Å². The smallest absolute Gasteiger partial charge is 0.332 e. The lowest BCUT2D eigenvalue weighted by molar-refractivity contribution is -0.735. The van der Waals surface area contributed by atoms with Crippen LogP contribution < -0.4 is 4.57 Å². The Hall–Kier alpha value is -2.55. The molecule has 3 aromatic heterocycles. The first-order valence-electron chi connectivity index (χ1n) is 9.33. The summed E-state index contributed by atoms with van der Waals surface area (Å²) in [5.41, 5.74) is 10.2. The van der Waals surface area contributed by atoms with Gasteiger partial charge in [-0.25, -0.2) is 4.57 Å². The van der Waals surface area contributed by atoms with Crippen LogP contribution in [-0.4, -0.2) is 4.40 Å². The molecule has 0 saturated carbocycles. The summed E-state index contributed by atoms with van der Waals surface area (Å²) in [6, 6.07) is 8.40. The summed E-state index contributed by atoms with van der Waals surface area (Å²) in [5.74, 6) is 2.20. The molecule has 3 nitrogen and oxygen atoms in total. The van der Waals surface area contributed by atoms with E-state index in [2.05, 4.69) is 75.6 Å². The van der Waals surface area contributed by atoms with E-state index in [1.54, 1.807) is 0 Å². The van der Waals surface area contributed by atoms with Gasteiger partial charge in [-0.2, -0.15) is 4.40 Å². The Morgan fingerprint density at radius 3 is 2.35 bits per heavy atom. The van der Waals surface area contributed by atoms with Crippen LogP contribution in [0, 0.1) is 34.6 Å². The largest absolute Gasteiger partial charge is 0.448 e. The van der Waals surface area contributed by atoms with Crippen molar-refractivity contribution in [3.05, 3.63) is 57.9 Å². The Balaban J connectivity index is 2.07. The van der Waals surface area contributed by atoms with Crippen LogP contribution >= 0.6 is 0 Å². The maximum absolute atomic E-state index is 6.42. The van der Waals surface area contributed by atoms with Crippen LogP contribution in [-0.2, 0) is 5.54 Å². The van der Waals surface area contributed by atoms with E-state index in [9.17, 15) is 0 Å². The Labute approximate surface area is 153 Å². The fraction of sp³-hybridized carbons (Fsp3) is 0.348. The van der Waals surface area contributed by atoms with Crippen LogP contribution in [0.15, 0.2) is 28.7 Å². The van der Waals surface area contributed by atoms with Crippen molar-refractivity contribution in [1.82, 2.24) is 4.40 Å². The highest BCUT2D eigenvalue weighted by molar-refractivity contribution is 5.89. The fourth-order valence-corrected chi connectivity index (χ4v) is 5.11. The van der Waals surface area contributed by atoms with Gasteiger partial charge in [0.25, 0.3) is 0 Å². The number of pyridine rings is 1. The highest BCUT2D eigenvalue weighted by atomic mass is 16.3. The standard InChI is InChI=1S/C23H25N2O/c1-12-13(2)15(4)24-20(14(12)3)16(5)25-22(24)21-19(23(25,6)7)17-10-8-9-11-18(17)26-21/h8-11H,1-7H3/q+1. The van der Waals surface area contributed by atoms with Crippen molar-refractivity contribution in [2.75, 3.05) is 0 Å². The molecule has 1 aliphatic heterocycles. The number of nitrogens with zero attached hydrogens (tertiary/aromatic N) is 2. The van der Waals surface area contributed by atoms with E-state index < -0.39 is 0 Å². The Morgan fingerprint density at radius 1 is 0.923 bits per heavy atom. The first kappa shape index (κ1) is 15.7. The van der Waals surface area contributed by atoms with Crippen LogP contribution in [0.4, 0.5) is 0 Å². The van der Waals surface area contributed by atoms with Gasteiger partial charge in [0.2, 0.25) is 5.76 Å². The van der Waals surface area contributed by atoms with Gasteiger partial charge >= 0.3 is 5.82 Å². The van der Waals surface area contributed by atoms with Crippen LogP contribution in [0.1, 0.15) is 47.5 Å². The SMILES string of the molecule is Cc1c(C)c(C)n2c3[n+](c(C)c2c1C)C(C)(C)c1c-3oc2ccccc12. The quantitative estimate of drug-likeness (QED) is 0.397. The Morgan fingerprint density at radius 2 is 1.62 bits per heavy atom. The number of furan rings is 1. The third-order valence-corrected chi connectivity index (χ3v) is 6.65. The molecule has 0 radical (unpaired) electrons. The third-order valence-electron chi connectivity index (χ3n) is 6.65. The minimum absolute atomic E-state index is 0.145. The van der Waals surface area contributed by atoms with Crippen LogP contribution in [0.3, 0.4) is 0 Å². The minimum atomic E-state index is -0.145. The summed E-state index contributed by atoms with van der Waals surface area (Å²) in [6.07, 6.45) is 0. The predicted molar refractivity (Wildman–Crippen MR) is 105 cm³/mol. The van der Waals surface area contributed by atoms with Gasteiger partial charge in [-0.15, -0.1) is 0 Å². The van der Waals surface area contributed by atoms with Gasteiger partial charge in [0.1, 0.15) is 22.5 Å². The van der Waals surface area contributed by atoms with Crippen LogP contribution in [0.5, 0.6) is 0 Å². The molecule has 4 aromatic rings. The van der Waals surface area contributed by atoms with E-state index in [0.717, 1.165) is 11.3 Å². The molecule has 0 amide bonds. The summed E-state index contributed by atoms with van der Waals surface area (Å²) in [4.78, 5) is 0. The molecule has 0 fully saturated rings. The first-order chi connectivity index (χ1) is 12.3. The fourth-order valence-electron chi connectivity index (χ4n) is 5.11. The van der Waals surface area contributed by atoms with E-state index in [4.69, 9.17) is 4.42 Å². The van der Waals surface area contributed by atoms with Gasteiger partial charge in [0, 0.05) is 17.9 Å². The molecule has 0 bridgehead atoms. The molecule has 1 aromatic carbocycles. The van der Waals surface area contributed by atoms with Crippen molar-refractivity contribution in [2.45, 2.75) is 54.0 Å². The maximum atomic E-state index is 6.42. The van der Waals surface area contributed by atoms with Gasteiger partial charge in [0.05, 0.1) is 5.56 Å². The van der Waals surface area contributed by atoms with Gasteiger partial charge in [-0.05, 0) is 58.7 Å². The normalized spacial score (nSPS) is 15.0. The lowest BCUT2D eigenvalue weighted by atomic mass is 9.93. The molecule has 5 rings (SSSR count). The second-order valence-corrected chi connectivity index (χ2v) is 8.25. The number of rotatable bonds is 0. The lowest BCUT2D eigenvalue weighted by Crippen LogP contribution is -2.51. The second-order valence-electron chi connectivity index (χ2n) is 8.25. The first-order valence-corrected chi connectivity index (χ1v) is 9.33. The predicted octanol–water partition coefficient (Wildman–Crippen LogP) is 5.28. The number of benzene rings is 1. The molecule has 0 N–H and O–H groups in total. The van der Waals surface area contributed by atoms with Crippen molar-refractivity contribution < 1.29 is 8.98 Å². The van der Waals surface area contributed by atoms with Gasteiger partial charge in [0.15, 0.2) is 5.52 Å². The van der Waals surface area contributed by atoms with E-state index in [1.165, 1.54) is 50.4 Å². The van der Waals surface area contributed by atoms with E-state index in [0.29, 0.717) is 0 Å². The number of aryl methyl sites for hydroxylation is 3. The van der Waals surface area contributed by atoms with Crippen molar-refractivity contribution in [3.63, 3.8) is 0 Å². The average Bonchev–Trinajstić information content (AvgIpc) is 3.20. The topological polar surface area (TPSA) is 21.4 Å². The third kappa shape index (κ3) is 1.53. The highest BCUT2D eigenvalue weighted by Gasteiger charge is 2.50. The molecule has 0 saturated heterocycles. The molecule has 132 valence electrons. The summed E-state index contributed by atoms with van der Waals surface area (Å²) in [6.45, 7) is 15.8. The molecule has 3 heteroatoms. The van der Waals surface area contributed by atoms with Crippen LogP contribution in [0.25, 0.3) is 28.1 Å². The number of para-hydroxylation sites is 1. The summed E-state index contributed by atoms with van der Waals surface area (Å²) in [7, 11) is 0. The zero-order valence-electron chi connectivity index (χ0n) is 16.6. The zero-order valence-corrected chi connectivity index (χ0v) is 16.6. The molecular formula is C23H25N2O+. The number of hydrogen-bond acceptors (Lipinski definition) is 1. The zero-order chi connectivity index (χ0) is 18.5. The number of imidazole rings is 1. The molecule has 4 heterocycles. The number of hydrogen-bond donors (Lipinski definition) is 0. The van der Waals surface area contributed by atoms with E-state index in [1.807, 2.05) is 6.07 Å². The highest BCUT2D eigenvalue weighted by Crippen LogP contribution is 2.46. The van der Waals surface area contributed by atoms with Gasteiger partial charge < -0.3 is 4.42 Å². The van der Waals surface area contributed by atoms with Crippen molar-refractivity contribution in [1.29, 1.82) is 0 Å². The second kappa shape index (κ2) is 4.59. The molecule has 0 unspecified atom stereocenters. The van der Waals surface area contributed by atoms with Gasteiger partial charge in [-0.3, -0.25) is 0 Å². The van der Waals surface area contributed by atoms with E-state index >= 15 is 0 Å². The van der Waals surface area contributed by atoms with Crippen molar-refractivity contribution in [2.24, 2.45) is 0 Å². The Kier molecular flexibility index (Phi) is 2.77. The summed E-state index contributed by atoms with van der Waals surface area (Å²) in [5, 5.41) is 1.22. The maximum Gasteiger partial charge on any atom is 0.332 e. The molecule has 1 aliphatic rings. The lowest BCUT2D eigenvalue weighted by Gasteiger charge is -2.18. The average molecular weight is 345 g/mol. The summed E-state index contributed by atoms with van der Waals surface area (Å²) >= 11 is 0. The Bertz CT molecular complexity index is 1250.